The van der Waals surface area contributed by atoms with E-state index < -0.39 is 5.60 Å². The Morgan fingerprint density at radius 1 is 1.43 bits per heavy atom. The number of amides is 1. The van der Waals surface area contributed by atoms with Crippen LogP contribution in [0.4, 0.5) is 4.79 Å². The molecule has 1 amide bonds. The summed E-state index contributed by atoms with van der Waals surface area (Å²) in [6.07, 6.45) is 0.726. The van der Waals surface area contributed by atoms with E-state index in [9.17, 15) is 4.79 Å². The Balaban J connectivity index is 1.64. The zero-order chi connectivity index (χ0) is 16.6. The van der Waals surface area contributed by atoms with Crippen LogP contribution >= 0.6 is 15.9 Å². The van der Waals surface area contributed by atoms with Crippen LogP contribution in [0.15, 0.2) is 22.7 Å². The highest BCUT2D eigenvalue weighted by atomic mass is 79.9. The van der Waals surface area contributed by atoms with E-state index in [1.165, 1.54) is 0 Å². The van der Waals surface area contributed by atoms with Crippen molar-refractivity contribution in [1.82, 2.24) is 19.9 Å². The summed E-state index contributed by atoms with van der Waals surface area (Å²) in [6.45, 7) is 7.86. The quantitative estimate of drug-likeness (QED) is 0.800. The molecule has 124 valence electrons. The molecule has 23 heavy (non-hydrogen) atoms. The Morgan fingerprint density at radius 3 is 2.96 bits per heavy atom. The molecule has 2 aromatic rings. The first-order valence-electron chi connectivity index (χ1n) is 7.78. The molecule has 0 N–H and O–H groups in total. The standard InChI is InChI=1S/C16H21BrN4O2/c1-16(2,3)23-15(22)20-7-6-11(9-20)10-21-14-5-4-12(17)8-13(14)18-19-21/h4-5,8,11H,6-7,9-10H2,1-3H3. The summed E-state index contributed by atoms with van der Waals surface area (Å²) >= 11 is 3.44. The average molecular weight is 381 g/mol. The molecule has 2 heterocycles. The summed E-state index contributed by atoms with van der Waals surface area (Å²) in [5, 5.41) is 8.44. The van der Waals surface area contributed by atoms with E-state index in [4.69, 9.17) is 4.74 Å². The topological polar surface area (TPSA) is 60.2 Å². The Morgan fingerprint density at radius 2 is 2.22 bits per heavy atom. The predicted molar refractivity (Wildman–Crippen MR) is 91.1 cm³/mol. The van der Waals surface area contributed by atoms with Crippen molar-refractivity contribution < 1.29 is 9.53 Å². The molecule has 3 rings (SSSR count). The Bertz CT molecular complexity index is 722. The average Bonchev–Trinajstić information content (AvgIpc) is 3.05. The number of hydrogen-bond acceptors (Lipinski definition) is 4. The van der Waals surface area contributed by atoms with Gasteiger partial charge < -0.3 is 9.64 Å². The summed E-state index contributed by atoms with van der Waals surface area (Å²) in [4.78, 5) is 13.9. The number of fused-ring (bicyclic) bond motifs is 1. The van der Waals surface area contributed by atoms with Crippen molar-refractivity contribution >= 4 is 33.1 Å². The monoisotopic (exact) mass is 380 g/mol. The maximum Gasteiger partial charge on any atom is 0.410 e. The molecular formula is C16H21BrN4O2. The highest BCUT2D eigenvalue weighted by molar-refractivity contribution is 9.10. The molecule has 1 atom stereocenters. The van der Waals surface area contributed by atoms with Gasteiger partial charge in [0.15, 0.2) is 0 Å². The number of aromatic nitrogens is 3. The second kappa shape index (κ2) is 6.11. The van der Waals surface area contributed by atoms with Gasteiger partial charge in [0.1, 0.15) is 11.1 Å². The van der Waals surface area contributed by atoms with Gasteiger partial charge in [-0.3, -0.25) is 0 Å². The largest absolute Gasteiger partial charge is 0.444 e. The van der Waals surface area contributed by atoms with E-state index in [1.54, 1.807) is 4.90 Å². The van der Waals surface area contributed by atoms with Crippen molar-refractivity contribution in [2.45, 2.75) is 39.3 Å². The molecule has 1 aromatic heterocycles. The molecule has 1 unspecified atom stereocenters. The lowest BCUT2D eigenvalue weighted by atomic mass is 10.1. The number of ether oxygens (including phenoxy) is 1. The van der Waals surface area contributed by atoms with Crippen molar-refractivity contribution in [3.05, 3.63) is 22.7 Å². The Kier molecular flexibility index (Phi) is 4.31. The number of rotatable bonds is 2. The minimum Gasteiger partial charge on any atom is -0.444 e. The zero-order valence-electron chi connectivity index (χ0n) is 13.6. The fourth-order valence-corrected chi connectivity index (χ4v) is 3.15. The number of benzene rings is 1. The van der Waals surface area contributed by atoms with Crippen LogP contribution in [0.5, 0.6) is 0 Å². The maximum absolute atomic E-state index is 12.1. The first-order chi connectivity index (χ1) is 10.8. The lowest BCUT2D eigenvalue weighted by molar-refractivity contribution is 0.0287. The van der Waals surface area contributed by atoms with Crippen LogP contribution in [0.1, 0.15) is 27.2 Å². The molecule has 1 saturated heterocycles. The maximum atomic E-state index is 12.1. The first-order valence-corrected chi connectivity index (χ1v) is 8.58. The van der Waals surface area contributed by atoms with Crippen molar-refractivity contribution in [2.75, 3.05) is 13.1 Å². The molecule has 0 spiro atoms. The molecule has 1 aromatic carbocycles. The van der Waals surface area contributed by atoms with Gasteiger partial charge in [0, 0.05) is 24.1 Å². The van der Waals surface area contributed by atoms with Crippen molar-refractivity contribution in [3.8, 4) is 0 Å². The van der Waals surface area contributed by atoms with Gasteiger partial charge in [-0.15, -0.1) is 5.10 Å². The Labute approximate surface area is 143 Å². The molecule has 1 aliphatic heterocycles. The molecule has 6 nitrogen and oxygen atoms in total. The van der Waals surface area contributed by atoms with Crippen LogP contribution in [0.3, 0.4) is 0 Å². The van der Waals surface area contributed by atoms with Crippen LogP contribution in [0.2, 0.25) is 0 Å². The van der Waals surface area contributed by atoms with Crippen molar-refractivity contribution in [1.29, 1.82) is 0 Å². The summed E-state index contributed by atoms with van der Waals surface area (Å²) in [5.74, 6) is 0.371. The van der Waals surface area contributed by atoms with Gasteiger partial charge in [-0.25, -0.2) is 9.48 Å². The number of hydrogen-bond donors (Lipinski definition) is 0. The van der Waals surface area contributed by atoms with Crippen LogP contribution in [0.25, 0.3) is 11.0 Å². The molecular weight excluding hydrogens is 360 g/mol. The van der Waals surface area contributed by atoms with Gasteiger partial charge in [0.25, 0.3) is 0 Å². The number of halogens is 1. The summed E-state index contributed by atoms with van der Waals surface area (Å²) in [7, 11) is 0. The van der Waals surface area contributed by atoms with E-state index in [2.05, 4.69) is 26.2 Å². The van der Waals surface area contributed by atoms with E-state index >= 15 is 0 Å². The minimum absolute atomic E-state index is 0.229. The summed E-state index contributed by atoms with van der Waals surface area (Å²) < 4.78 is 8.35. The van der Waals surface area contributed by atoms with Gasteiger partial charge in [-0.2, -0.15) is 0 Å². The van der Waals surface area contributed by atoms with Crippen LogP contribution in [-0.4, -0.2) is 44.7 Å². The van der Waals surface area contributed by atoms with Crippen LogP contribution in [-0.2, 0) is 11.3 Å². The highest BCUT2D eigenvalue weighted by Gasteiger charge is 2.30. The number of carbonyl (C=O) groups excluding carboxylic acids is 1. The minimum atomic E-state index is -0.454. The number of likely N-dealkylation sites (tertiary alicyclic amines) is 1. The second-order valence-electron chi connectivity index (χ2n) is 6.99. The molecule has 0 saturated carbocycles. The highest BCUT2D eigenvalue weighted by Crippen LogP contribution is 2.23. The fourth-order valence-electron chi connectivity index (χ4n) is 2.80. The molecule has 1 aliphatic rings. The van der Waals surface area contributed by atoms with Gasteiger partial charge in [-0.1, -0.05) is 21.1 Å². The number of carbonyl (C=O) groups is 1. The number of nitrogens with zero attached hydrogens (tertiary/aromatic N) is 4. The zero-order valence-corrected chi connectivity index (χ0v) is 15.2. The van der Waals surface area contributed by atoms with Gasteiger partial charge in [0.05, 0.1) is 5.52 Å². The Hall–Kier alpha value is -1.63. The SMILES string of the molecule is CC(C)(C)OC(=O)N1CCC(Cn2nnc3cc(Br)ccc32)C1. The molecule has 1 fully saturated rings. The molecule has 0 aliphatic carbocycles. The van der Waals surface area contributed by atoms with E-state index in [1.807, 2.05) is 43.7 Å². The smallest absolute Gasteiger partial charge is 0.410 e. The summed E-state index contributed by atoms with van der Waals surface area (Å²) in [6, 6.07) is 5.96. The predicted octanol–water partition coefficient (Wildman–Crippen LogP) is 3.45. The lowest BCUT2D eigenvalue weighted by Gasteiger charge is -2.24. The van der Waals surface area contributed by atoms with Gasteiger partial charge >= 0.3 is 6.09 Å². The second-order valence-corrected chi connectivity index (χ2v) is 7.90. The van der Waals surface area contributed by atoms with Crippen LogP contribution in [0, 0.1) is 5.92 Å². The third kappa shape index (κ3) is 3.83. The third-order valence-electron chi connectivity index (χ3n) is 3.84. The van der Waals surface area contributed by atoms with E-state index in [0.29, 0.717) is 12.5 Å². The van der Waals surface area contributed by atoms with Crippen molar-refractivity contribution in [3.63, 3.8) is 0 Å². The van der Waals surface area contributed by atoms with E-state index in [0.717, 1.165) is 35.0 Å². The van der Waals surface area contributed by atoms with Gasteiger partial charge in [0.2, 0.25) is 0 Å². The summed E-state index contributed by atoms with van der Waals surface area (Å²) in [5.41, 5.74) is 1.44. The van der Waals surface area contributed by atoms with Crippen LogP contribution < -0.4 is 0 Å². The normalized spacial score (nSPS) is 18.6. The third-order valence-corrected chi connectivity index (χ3v) is 4.34. The lowest BCUT2D eigenvalue weighted by Crippen LogP contribution is -2.35. The van der Waals surface area contributed by atoms with E-state index in [-0.39, 0.29) is 6.09 Å². The first kappa shape index (κ1) is 16.2. The molecule has 7 heteroatoms. The van der Waals surface area contributed by atoms with Gasteiger partial charge in [-0.05, 0) is 51.3 Å². The fraction of sp³-hybridized carbons (Fsp3) is 0.562. The molecule has 0 radical (unpaired) electrons. The van der Waals surface area contributed by atoms with Crippen molar-refractivity contribution in [2.24, 2.45) is 5.92 Å². The molecule has 0 bridgehead atoms.